The molecule has 1 fully saturated rings. The Morgan fingerprint density at radius 3 is 2.78 bits per heavy atom. The first-order valence-electron chi connectivity index (χ1n) is 11.6. The van der Waals surface area contributed by atoms with Gasteiger partial charge in [-0.3, -0.25) is 10.2 Å². The highest BCUT2D eigenvalue weighted by atomic mass is 16.5. The lowest BCUT2D eigenvalue weighted by Crippen LogP contribution is -2.29. The number of aliphatic hydroxyl groups is 1. The number of aliphatic hydroxyl groups excluding tert-OH is 1. The number of rotatable bonds is 6. The number of carbonyl (C=O) groups is 1. The molecule has 11 nitrogen and oxygen atoms in total. The minimum Gasteiger partial charge on any atom is -0.512 e. The molecule has 1 atom stereocenters. The lowest BCUT2D eigenvalue weighted by atomic mass is 9.93. The van der Waals surface area contributed by atoms with Crippen LogP contribution in [0.15, 0.2) is 42.6 Å². The summed E-state index contributed by atoms with van der Waals surface area (Å²) < 4.78 is 5.40. The summed E-state index contributed by atoms with van der Waals surface area (Å²) in [5.74, 6) is 0.270. The number of carbonyl (C=O) groups excluding carboxylic acids is 1. The largest absolute Gasteiger partial charge is 0.512 e. The van der Waals surface area contributed by atoms with E-state index in [-0.39, 0.29) is 17.6 Å². The summed E-state index contributed by atoms with van der Waals surface area (Å²) in [5.41, 5.74) is 2.46. The number of hydrogen-bond donors (Lipinski definition) is 5. The zero-order valence-electron chi connectivity index (χ0n) is 20.7. The fourth-order valence-electron chi connectivity index (χ4n) is 3.46. The van der Waals surface area contributed by atoms with Gasteiger partial charge in [-0.15, -0.1) is 0 Å². The van der Waals surface area contributed by atoms with Crippen molar-refractivity contribution in [2.24, 2.45) is 5.41 Å². The molecule has 3 heterocycles. The Balaban J connectivity index is 1.55. The fourth-order valence-corrected chi connectivity index (χ4v) is 3.46. The molecule has 36 heavy (non-hydrogen) atoms. The number of amides is 1. The number of hydrogen-bond acceptors (Lipinski definition) is 10. The first-order valence-corrected chi connectivity index (χ1v) is 11.6. The molecular formula is C25H30N8O3. The van der Waals surface area contributed by atoms with Crippen molar-refractivity contribution in [3.05, 3.63) is 53.7 Å². The van der Waals surface area contributed by atoms with Crippen LogP contribution in [0, 0.1) is 17.7 Å². The number of aromatic nitrogens is 4. The number of nitrogens with one attached hydrogen (secondary N) is 4. The Kier molecular flexibility index (Phi) is 7.11. The molecule has 5 N–H and O–H groups in total. The molecule has 0 saturated carbocycles. The minimum absolute atomic E-state index is 0.00556. The van der Waals surface area contributed by atoms with Crippen LogP contribution >= 0.6 is 0 Å². The minimum atomic E-state index is -0.526. The van der Waals surface area contributed by atoms with Crippen LogP contribution in [0.5, 0.6) is 0 Å². The van der Waals surface area contributed by atoms with Crippen molar-refractivity contribution in [1.29, 1.82) is 5.41 Å². The van der Waals surface area contributed by atoms with Crippen LogP contribution in [0.3, 0.4) is 0 Å². The summed E-state index contributed by atoms with van der Waals surface area (Å²) in [6.07, 6.45) is 5.18. The van der Waals surface area contributed by atoms with Crippen LogP contribution in [0.2, 0.25) is 0 Å². The number of anilines is 3. The van der Waals surface area contributed by atoms with E-state index in [0.29, 0.717) is 47.3 Å². The van der Waals surface area contributed by atoms with E-state index >= 15 is 0 Å². The lowest BCUT2D eigenvalue weighted by Gasteiger charge is -2.17. The van der Waals surface area contributed by atoms with Crippen LogP contribution in [-0.4, -0.2) is 56.0 Å². The summed E-state index contributed by atoms with van der Waals surface area (Å²) in [4.78, 5) is 30.3. The van der Waals surface area contributed by atoms with Crippen molar-refractivity contribution in [3.8, 4) is 0 Å². The highest BCUT2D eigenvalue weighted by molar-refractivity contribution is 6.09. The van der Waals surface area contributed by atoms with E-state index in [1.54, 1.807) is 24.4 Å². The normalized spacial score (nSPS) is 16.1. The molecule has 0 aliphatic carbocycles. The van der Waals surface area contributed by atoms with Crippen molar-refractivity contribution in [3.63, 3.8) is 0 Å². The quantitative estimate of drug-likeness (QED) is 0.196. The number of allylic oxidation sites excluding steroid dienone is 1. The Bertz CT molecular complexity index is 1330. The van der Waals surface area contributed by atoms with Crippen LogP contribution in [0.1, 0.15) is 43.1 Å². The van der Waals surface area contributed by atoms with Gasteiger partial charge in [0.15, 0.2) is 5.82 Å². The smallest absolute Gasteiger partial charge is 0.256 e. The molecule has 1 aromatic carbocycles. The number of amidine groups is 1. The topological polar surface area (TPSA) is 158 Å². The molecule has 1 aliphatic rings. The third-order valence-corrected chi connectivity index (χ3v) is 5.69. The monoisotopic (exact) mass is 490 g/mol. The number of ether oxygens (including phenoxy) is 1. The first kappa shape index (κ1) is 25.0. The van der Waals surface area contributed by atoms with Crippen molar-refractivity contribution in [1.82, 2.24) is 25.3 Å². The summed E-state index contributed by atoms with van der Waals surface area (Å²) >= 11 is 0. The highest BCUT2D eigenvalue weighted by Crippen LogP contribution is 2.26. The molecule has 0 radical (unpaired) electrons. The molecule has 2 aromatic heterocycles. The van der Waals surface area contributed by atoms with Gasteiger partial charge in [-0.25, -0.2) is 19.9 Å². The predicted molar refractivity (Wildman–Crippen MR) is 138 cm³/mol. The average molecular weight is 491 g/mol. The van der Waals surface area contributed by atoms with E-state index < -0.39 is 11.3 Å². The van der Waals surface area contributed by atoms with Gasteiger partial charge in [0, 0.05) is 29.3 Å². The van der Waals surface area contributed by atoms with Crippen molar-refractivity contribution in [2.45, 2.75) is 40.2 Å². The van der Waals surface area contributed by atoms with E-state index in [2.05, 4.69) is 35.9 Å². The average Bonchev–Trinajstić information content (AvgIpc) is 3.33. The number of aryl methyl sites for hydroxylation is 1. The number of fused-ring (bicyclic) bond motifs is 1. The highest BCUT2D eigenvalue weighted by Gasteiger charge is 2.19. The van der Waals surface area contributed by atoms with Crippen LogP contribution in [-0.2, 0) is 4.74 Å². The molecule has 1 aliphatic heterocycles. The second-order valence-electron chi connectivity index (χ2n) is 9.66. The van der Waals surface area contributed by atoms with Gasteiger partial charge >= 0.3 is 0 Å². The van der Waals surface area contributed by atoms with Crippen molar-refractivity contribution >= 4 is 40.2 Å². The van der Waals surface area contributed by atoms with Gasteiger partial charge in [-0.2, -0.15) is 0 Å². The second-order valence-corrected chi connectivity index (χ2v) is 9.66. The molecule has 4 rings (SSSR count). The standard InChI is InChI=1S/C25H30N8O3/c1-14-5-6-15(23(35)32-20(26)10-19(34)25(2,3)4)9-17(14)31-22-21-18(28-13-29-22)11-27-24(33-21)30-16-7-8-36-12-16/h5-6,9-11,13,16,34H,7-8,12H2,1-4H3,(H2,26,32,35)(H,27,30,33)(H,28,29,31)/b19-10-. The van der Waals surface area contributed by atoms with Gasteiger partial charge in [0.1, 0.15) is 29.0 Å². The van der Waals surface area contributed by atoms with Gasteiger partial charge in [0.05, 0.1) is 18.8 Å². The van der Waals surface area contributed by atoms with Gasteiger partial charge in [-0.05, 0) is 31.0 Å². The molecule has 0 spiro atoms. The Labute approximate surface area is 209 Å². The molecule has 11 heteroatoms. The van der Waals surface area contributed by atoms with E-state index in [0.717, 1.165) is 12.0 Å². The van der Waals surface area contributed by atoms with Crippen LogP contribution in [0.25, 0.3) is 11.0 Å². The zero-order valence-corrected chi connectivity index (χ0v) is 20.7. The van der Waals surface area contributed by atoms with Gasteiger partial charge in [-0.1, -0.05) is 26.8 Å². The molecule has 3 aromatic rings. The SMILES string of the molecule is Cc1ccc(C(=O)NC(=N)/C=C(\O)C(C)(C)C)cc1Nc1ncnc2cnc(NC3CCOC3)nc12. The van der Waals surface area contributed by atoms with Crippen molar-refractivity contribution in [2.75, 3.05) is 23.8 Å². The molecule has 0 bridgehead atoms. The number of nitrogens with zero attached hydrogens (tertiary/aromatic N) is 4. The molecular weight excluding hydrogens is 460 g/mol. The predicted octanol–water partition coefficient (Wildman–Crippen LogP) is 3.87. The summed E-state index contributed by atoms with van der Waals surface area (Å²) in [5, 5.41) is 27.1. The maximum absolute atomic E-state index is 12.8. The maximum Gasteiger partial charge on any atom is 0.256 e. The lowest BCUT2D eigenvalue weighted by molar-refractivity contribution is 0.0977. The van der Waals surface area contributed by atoms with Gasteiger partial charge in [0.25, 0.3) is 5.91 Å². The van der Waals surface area contributed by atoms with E-state index in [9.17, 15) is 9.90 Å². The summed E-state index contributed by atoms with van der Waals surface area (Å²) in [6, 6.07) is 5.30. The van der Waals surface area contributed by atoms with Gasteiger partial charge < -0.3 is 25.8 Å². The zero-order chi connectivity index (χ0) is 25.9. The Morgan fingerprint density at radius 1 is 1.25 bits per heavy atom. The molecule has 188 valence electrons. The second kappa shape index (κ2) is 10.2. The molecule has 1 unspecified atom stereocenters. The van der Waals surface area contributed by atoms with E-state index in [1.165, 1.54) is 12.4 Å². The Morgan fingerprint density at radius 2 is 2.06 bits per heavy atom. The van der Waals surface area contributed by atoms with Gasteiger partial charge in [0.2, 0.25) is 5.95 Å². The van der Waals surface area contributed by atoms with Crippen LogP contribution < -0.4 is 16.0 Å². The molecule has 1 saturated heterocycles. The van der Waals surface area contributed by atoms with E-state index in [1.807, 2.05) is 27.7 Å². The maximum atomic E-state index is 12.8. The van der Waals surface area contributed by atoms with E-state index in [4.69, 9.17) is 10.1 Å². The summed E-state index contributed by atoms with van der Waals surface area (Å²) in [7, 11) is 0. The number of benzene rings is 1. The first-order chi connectivity index (χ1) is 17.1. The third-order valence-electron chi connectivity index (χ3n) is 5.69. The Hall–Kier alpha value is -4.12. The summed E-state index contributed by atoms with van der Waals surface area (Å²) in [6.45, 7) is 8.66. The van der Waals surface area contributed by atoms with Crippen LogP contribution in [0.4, 0.5) is 17.5 Å². The third kappa shape index (κ3) is 5.92. The molecule has 1 amide bonds. The van der Waals surface area contributed by atoms with Crippen molar-refractivity contribution < 1.29 is 14.6 Å². The fraction of sp³-hybridized carbons (Fsp3) is 0.360.